The summed E-state index contributed by atoms with van der Waals surface area (Å²) in [4.78, 5) is 19.1. The third-order valence-corrected chi connectivity index (χ3v) is 7.78. The molecule has 2 fully saturated rings. The van der Waals surface area contributed by atoms with Gasteiger partial charge >= 0.3 is 5.97 Å². The second kappa shape index (κ2) is 12.3. The van der Waals surface area contributed by atoms with E-state index in [0.29, 0.717) is 31.9 Å². The normalized spacial score (nSPS) is 22.8. The van der Waals surface area contributed by atoms with E-state index >= 15 is 0 Å². The van der Waals surface area contributed by atoms with Gasteiger partial charge < -0.3 is 19.9 Å². The lowest BCUT2D eigenvalue weighted by Gasteiger charge is -2.30. The van der Waals surface area contributed by atoms with Crippen molar-refractivity contribution in [3.8, 4) is 0 Å². The molecule has 7 nitrogen and oxygen atoms in total. The number of carboxylic acid groups (broad SMARTS) is 1. The van der Waals surface area contributed by atoms with E-state index in [2.05, 4.69) is 17.4 Å². The lowest BCUT2D eigenvalue weighted by Crippen LogP contribution is -2.34. The van der Waals surface area contributed by atoms with Gasteiger partial charge in [-0.3, -0.25) is 9.69 Å². The Morgan fingerprint density at radius 3 is 2.97 bits per heavy atom. The van der Waals surface area contributed by atoms with Crippen molar-refractivity contribution in [2.45, 2.75) is 76.0 Å². The van der Waals surface area contributed by atoms with E-state index in [0.717, 1.165) is 81.4 Å². The van der Waals surface area contributed by atoms with Crippen molar-refractivity contribution in [2.75, 3.05) is 38.2 Å². The van der Waals surface area contributed by atoms with Crippen molar-refractivity contribution in [1.29, 1.82) is 0 Å². The molecule has 0 unspecified atom stereocenters. The molecular formula is C29H38FN3O4. The highest BCUT2D eigenvalue weighted by Gasteiger charge is 2.36. The quantitative estimate of drug-likeness (QED) is 0.432. The van der Waals surface area contributed by atoms with Crippen LogP contribution in [0.25, 0.3) is 0 Å². The zero-order valence-electron chi connectivity index (χ0n) is 21.5. The smallest absolute Gasteiger partial charge is 0.325 e. The first-order chi connectivity index (χ1) is 18.1. The molecule has 3 aliphatic rings. The van der Waals surface area contributed by atoms with Crippen LogP contribution < -0.4 is 5.32 Å². The van der Waals surface area contributed by atoms with Crippen molar-refractivity contribution in [2.24, 2.45) is 0 Å². The van der Waals surface area contributed by atoms with E-state index in [9.17, 15) is 14.3 Å². The summed E-state index contributed by atoms with van der Waals surface area (Å²) in [6.07, 6.45) is 8.53. The third-order valence-electron chi connectivity index (χ3n) is 7.78. The number of nitrogens with zero attached hydrogens (tertiary/aromatic N) is 2. The molecule has 5 rings (SSSR count). The SMILES string of the molecule is O=C(O)[C@H](c1cc(F)ccc1[C@H]1CCCCO1)N1CC[C@@H](OCCCCc2ccc3c(n2)NCCC3)C1. The van der Waals surface area contributed by atoms with Gasteiger partial charge in [-0.1, -0.05) is 12.1 Å². The van der Waals surface area contributed by atoms with Crippen molar-refractivity contribution in [1.82, 2.24) is 9.88 Å². The molecule has 37 heavy (non-hydrogen) atoms. The highest BCUT2D eigenvalue weighted by molar-refractivity contribution is 5.76. The molecule has 3 atom stereocenters. The average molecular weight is 512 g/mol. The number of nitrogens with one attached hydrogen (secondary N) is 1. The van der Waals surface area contributed by atoms with Crippen LogP contribution in [0.3, 0.4) is 0 Å². The number of ether oxygens (including phenoxy) is 2. The molecule has 2 saturated heterocycles. The molecule has 3 aliphatic heterocycles. The lowest BCUT2D eigenvalue weighted by molar-refractivity contribution is -0.143. The summed E-state index contributed by atoms with van der Waals surface area (Å²) >= 11 is 0. The molecule has 1 aromatic carbocycles. The molecule has 2 N–H and O–H groups in total. The van der Waals surface area contributed by atoms with Crippen LogP contribution in [0.1, 0.15) is 79.5 Å². The Bertz CT molecular complexity index is 1080. The van der Waals surface area contributed by atoms with E-state index in [-0.39, 0.29) is 12.2 Å². The second-order valence-corrected chi connectivity index (χ2v) is 10.4. The molecule has 2 aromatic rings. The van der Waals surface area contributed by atoms with Gasteiger partial charge in [-0.15, -0.1) is 0 Å². The summed E-state index contributed by atoms with van der Waals surface area (Å²) in [5.74, 6) is -0.345. The zero-order valence-corrected chi connectivity index (χ0v) is 21.5. The maximum Gasteiger partial charge on any atom is 0.325 e. The number of aliphatic carboxylic acids is 1. The predicted molar refractivity (Wildman–Crippen MR) is 139 cm³/mol. The summed E-state index contributed by atoms with van der Waals surface area (Å²) < 4.78 is 26.3. The minimum atomic E-state index is -0.963. The maximum absolute atomic E-state index is 14.3. The van der Waals surface area contributed by atoms with Crippen molar-refractivity contribution in [3.05, 3.63) is 58.5 Å². The molecule has 0 saturated carbocycles. The Morgan fingerprint density at radius 1 is 1.22 bits per heavy atom. The highest BCUT2D eigenvalue weighted by Crippen LogP contribution is 2.36. The number of rotatable bonds is 10. The lowest BCUT2D eigenvalue weighted by atomic mass is 9.92. The maximum atomic E-state index is 14.3. The number of likely N-dealkylation sites (tertiary alicyclic amines) is 1. The fraction of sp³-hybridized carbons (Fsp3) is 0.586. The first-order valence-electron chi connectivity index (χ1n) is 13.8. The van der Waals surface area contributed by atoms with Gasteiger partial charge in [-0.2, -0.15) is 0 Å². The Labute approximate surface area is 218 Å². The number of aryl methyl sites for hydroxylation is 2. The van der Waals surface area contributed by atoms with E-state index in [4.69, 9.17) is 14.5 Å². The van der Waals surface area contributed by atoms with E-state index < -0.39 is 17.8 Å². The van der Waals surface area contributed by atoms with Gasteiger partial charge in [0.2, 0.25) is 0 Å². The van der Waals surface area contributed by atoms with Crippen LogP contribution in [-0.4, -0.2) is 59.9 Å². The van der Waals surface area contributed by atoms with E-state index in [1.165, 1.54) is 17.7 Å². The highest BCUT2D eigenvalue weighted by atomic mass is 19.1. The summed E-state index contributed by atoms with van der Waals surface area (Å²) in [6.45, 7) is 3.41. The monoisotopic (exact) mass is 511 g/mol. The summed E-state index contributed by atoms with van der Waals surface area (Å²) in [5.41, 5.74) is 3.72. The topological polar surface area (TPSA) is 83.9 Å². The van der Waals surface area contributed by atoms with Gasteiger partial charge in [0.15, 0.2) is 0 Å². The van der Waals surface area contributed by atoms with Gasteiger partial charge in [0.05, 0.1) is 12.2 Å². The largest absolute Gasteiger partial charge is 0.480 e. The number of anilines is 1. The van der Waals surface area contributed by atoms with E-state index in [1.807, 2.05) is 4.90 Å². The van der Waals surface area contributed by atoms with Crippen LogP contribution in [0, 0.1) is 5.82 Å². The fourth-order valence-electron chi connectivity index (χ4n) is 5.84. The minimum absolute atomic E-state index is 0.0177. The summed E-state index contributed by atoms with van der Waals surface area (Å²) in [5, 5.41) is 13.5. The first-order valence-corrected chi connectivity index (χ1v) is 13.8. The fourth-order valence-corrected chi connectivity index (χ4v) is 5.84. The van der Waals surface area contributed by atoms with Crippen LogP contribution in [0.5, 0.6) is 0 Å². The molecule has 200 valence electrons. The van der Waals surface area contributed by atoms with Gasteiger partial charge in [0.25, 0.3) is 0 Å². The number of fused-ring (bicyclic) bond motifs is 1. The van der Waals surface area contributed by atoms with Crippen LogP contribution in [0.4, 0.5) is 10.2 Å². The van der Waals surface area contributed by atoms with Crippen LogP contribution in [0.2, 0.25) is 0 Å². The molecule has 0 radical (unpaired) electrons. The molecule has 0 bridgehead atoms. The van der Waals surface area contributed by atoms with E-state index in [1.54, 1.807) is 6.07 Å². The van der Waals surface area contributed by atoms with Crippen LogP contribution in [-0.2, 0) is 27.1 Å². The molecule has 1 aromatic heterocycles. The molecule has 0 amide bonds. The standard InChI is InChI=1S/C29H38FN3O4/c30-21-10-12-24(26-8-2-4-17-37-26)25(18-21)27(29(34)35)33-15-13-23(19-33)36-16-3-1-7-22-11-9-20-6-5-14-31-28(20)32-22/h9-12,18,23,26-27H,1-8,13-17,19H2,(H,31,32)(H,34,35)/t23-,26-,27+/m1/s1. The van der Waals surface area contributed by atoms with Crippen LogP contribution in [0.15, 0.2) is 30.3 Å². The van der Waals surface area contributed by atoms with Crippen molar-refractivity contribution < 1.29 is 23.8 Å². The minimum Gasteiger partial charge on any atom is -0.480 e. The number of carboxylic acids is 1. The molecule has 4 heterocycles. The number of hydrogen-bond donors (Lipinski definition) is 2. The Kier molecular flexibility index (Phi) is 8.69. The number of halogens is 1. The van der Waals surface area contributed by atoms with Crippen molar-refractivity contribution >= 4 is 11.8 Å². The van der Waals surface area contributed by atoms with Gasteiger partial charge in [-0.05, 0) is 92.7 Å². The number of benzene rings is 1. The molecule has 8 heteroatoms. The second-order valence-electron chi connectivity index (χ2n) is 10.4. The molecule has 0 aliphatic carbocycles. The molecule has 0 spiro atoms. The number of hydrogen-bond acceptors (Lipinski definition) is 6. The van der Waals surface area contributed by atoms with Gasteiger partial charge in [-0.25, -0.2) is 9.37 Å². The number of aromatic nitrogens is 1. The number of unbranched alkanes of at least 4 members (excludes halogenated alkanes) is 1. The summed E-state index contributed by atoms with van der Waals surface area (Å²) in [6, 6.07) is 7.90. The number of pyridine rings is 1. The molecular weight excluding hydrogens is 473 g/mol. The zero-order chi connectivity index (χ0) is 25.6. The van der Waals surface area contributed by atoms with Crippen LogP contribution >= 0.6 is 0 Å². The Hall–Kier alpha value is -2.55. The average Bonchev–Trinajstić information content (AvgIpc) is 3.37. The van der Waals surface area contributed by atoms with Gasteiger partial charge in [0.1, 0.15) is 17.7 Å². The number of carbonyl (C=O) groups is 1. The first kappa shape index (κ1) is 26.1. The predicted octanol–water partition coefficient (Wildman–Crippen LogP) is 5.06. The summed E-state index contributed by atoms with van der Waals surface area (Å²) in [7, 11) is 0. The van der Waals surface area contributed by atoms with Gasteiger partial charge in [0, 0.05) is 38.5 Å². The Balaban J connectivity index is 1.13. The Morgan fingerprint density at radius 2 is 2.14 bits per heavy atom. The third kappa shape index (κ3) is 6.48. The van der Waals surface area contributed by atoms with Crippen molar-refractivity contribution in [3.63, 3.8) is 0 Å².